The Kier molecular flexibility index (Phi) is 7.78. The third kappa shape index (κ3) is 7.24. The summed E-state index contributed by atoms with van der Waals surface area (Å²) < 4.78 is 9.08. The average Bonchev–Trinajstić information content (AvgIpc) is 2.32. The Bertz CT molecular complexity index is 359. The molecule has 1 unspecified atom stereocenters. The lowest BCUT2D eigenvalue weighted by Crippen LogP contribution is -2.40. The summed E-state index contributed by atoms with van der Waals surface area (Å²) in [4.78, 5) is 26.1. The van der Waals surface area contributed by atoms with Gasteiger partial charge in [-0.25, -0.2) is 4.79 Å². The molecule has 116 valence electrons. The molecule has 0 aromatic rings. The van der Waals surface area contributed by atoms with Crippen molar-refractivity contribution in [3.8, 4) is 0 Å². The Morgan fingerprint density at radius 1 is 1.40 bits per heavy atom. The molecule has 0 fully saturated rings. The van der Waals surface area contributed by atoms with Gasteiger partial charge >= 0.3 is 12.1 Å². The maximum atomic E-state index is 11.6. The van der Waals surface area contributed by atoms with Crippen molar-refractivity contribution in [1.82, 2.24) is 5.01 Å². The van der Waals surface area contributed by atoms with Crippen molar-refractivity contribution in [2.24, 2.45) is 5.28 Å². The lowest BCUT2D eigenvalue weighted by Gasteiger charge is -2.19. The molecule has 0 rings (SSSR count). The first-order valence-corrected chi connectivity index (χ1v) is 5.93. The Morgan fingerprint density at radius 2 is 2.00 bits per heavy atom. The van der Waals surface area contributed by atoms with E-state index in [4.69, 9.17) is 5.11 Å². The second kappa shape index (κ2) is 8.77. The summed E-state index contributed by atoms with van der Waals surface area (Å²) in [6.45, 7) is 5.75. The van der Waals surface area contributed by atoms with E-state index in [9.17, 15) is 14.8 Å². The standard InChI is InChI=1S/C10H19N3O7/c1-5-18-10(16)19-8(4)20-11-13(17)12(7(2)3)6-9(14)15/h7-8H,5-6H2,1-4H3,(H,14,15)/b13-11-. The summed E-state index contributed by atoms with van der Waals surface area (Å²) in [6, 6.07) is -0.405. The van der Waals surface area contributed by atoms with Gasteiger partial charge in [0.2, 0.25) is 5.28 Å². The molecule has 0 aromatic heterocycles. The number of carboxylic acids is 1. The third-order valence-corrected chi connectivity index (χ3v) is 1.90. The minimum atomic E-state index is -1.19. The van der Waals surface area contributed by atoms with Crippen LogP contribution in [0.1, 0.15) is 27.7 Å². The van der Waals surface area contributed by atoms with Gasteiger partial charge in [-0.2, -0.15) is 0 Å². The predicted octanol–water partition coefficient (Wildman–Crippen LogP) is 1.11. The second-order valence-electron chi connectivity index (χ2n) is 3.89. The number of ether oxygens (including phenoxy) is 2. The molecule has 0 saturated heterocycles. The lowest BCUT2D eigenvalue weighted by molar-refractivity contribution is -0.717. The molecule has 10 nitrogen and oxygen atoms in total. The number of aliphatic carboxylic acids is 1. The molecule has 0 saturated carbocycles. The molecule has 0 aliphatic rings. The van der Waals surface area contributed by atoms with Crippen LogP contribution in [0.3, 0.4) is 0 Å². The molecule has 10 heteroatoms. The fourth-order valence-corrected chi connectivity index (χ4v) is 1.04. The van der Waals surface area contributed by atoms with Crippen LogP contribution in [-0.2, 0) is 19.1 Å². The second-order valence-corrected chi connectivity index (χ2v) is 3.89. The molecule has 1 atom stereocenters. The minimum absolute atomic E-state index is 0.0101. The van der Waals surface area contributed by atoms with Crippen molar-refractivity contribution in [3.05, 3.63) is 5.21 Å². The number of hydrazine groups is 1. The highest BCUT2D eigenvalue weighted by molar-refractivity contribution is 5.68. The van der Waals surface area contributed by atoms with Gasteiger partial charge < -0.3 is 19.8 Å². The van der Waals surface area contributed by atoms with Gasteiger partial charge in [0, 0.05) is 6.92 Å². The van der Waals surface area contributed by atoms with Crippen molar-refractivity contribution in [1.29, 1.82) is 0 Å². The highest BCUT2D eigenvalue weighted by Crippen LogP contribution is 2.02. The molecular weight excluding hydrogens is 274 g/mol. The molecule has 0 amide bonds. The quantitative estimate of drug-likeness (QED) is 0.232. The molecular formula is C10H19N3O7. The highest BCUT2D eigenvalue weighted by atomic mass is 16.8. The van der Waals surface area contributed by atoms with E-state index in [0.29, 0.717) is 0 Å². The molecule has 0 heterocycles. The average molecular weight is 293 g/mol. The zero-order valence-electron chi connectivity index (χ0n) is 11.8. The van der Waals surface area contributed by atoms with Crippen molar-refractivity contribution in [3.63, 3.8) is 0 Å². The van der Waals surface area contributed by atoms with Crippen molar-refractivity contribution < 1.29 is 34.0 Å². The van der Waals surface area contributed by atoms with E-state index in [2.05, 4.69) is 19.6 Å². The van der Waals surface area contributed by atoms with Gasteiger partial charge in [-0.15, -0.1) is 5.01 Å². The van der Waals surface area contributed by atoms with Crippen molar-refractivity contribution in [2.75, 3.05) is 13.2 Å². The monoisotopic (exact) mass is 293 g/mol. The lowest BCUT2D eigenvalue weighted by atomic mass is 10.4. The van der Waals surface area contributed by atoms with Gasteiger partial charge in [-0.3, -0.25) is 9.63 Å². The zero-order valence-corrected chi connectivity index (χ0v) is 11.8. The molecule has 20 heavy (non-hydrogen) atoms. The molecule has 0 bridgehead atoms. The normalized spacial score (nSPS) is 12.8. The number of rotatable bonds is 8. The maximum absolute atomic E-state index is 11.6. The minimum Gasteiger partial charge on any atom is -0.569 e. The van der Waals surface area contributed by atoms with E-state index in [1.54, 1.807) is 20.8 Å². The smallest absolute Gasteiger partial charge is 0.511 e. The number of hydrogen-bond donors (Lipinski definition) is 1. The van der Waals surface area contributed by atoms with Crippen LogP contribution in [0.25, 0.3) is 0 Å². The fourth-order valence-electron chi connectivity index (χ4n) is 1.04. The van der Waals surface area contributed by atoms with E-state index in [1.807, 2.05) is 0 Å². The summed E-state index contributed by atoms with van der Waals surface area (Å²) in [7, 11) is 0. The van der Waals surface area contributed by atoms with Crippen molar-refractivity contribution in [2.45, 2.75) is 40.0 Å². The molecule has 0 aromatic carbocycles. The van der Waals surface area contributed by atoms with Crippen LogP contribution in [0.2, 0.25) is 0 Å². The van der Waals surface area contributed by atoms with Crippen LogP contribution in [0.4, 0.5) is 4.79 Å². The van der Waals surface area contributed by atoms with Crippen LogP contribution < -0.4 is 0 Å². The van der Waals surface area contributed by atoms with Gasteiger partial charge in [-0.05, 0) is 20.8 Å². The SMILES string of the molecule is CCOC(=O)OC(C)O/N=[N+](\[O-])N(CC(=O)O)C(C)C. The summed E-state index contributed by atoms with van der Waals surface area (Å²) in [5, 5.41) is 24.2. The van der Waals surface area contributed by atoms with Gasteiger partial charge in [-0.1, -0.05) is 0 Å². The summed E-state index contributed by atoms with van der Waals surface area (Å²) in [5.41, 5.74) is 0. The highest BCUT2D eigenvalue weighted by Gasteiger charge is 2.22. The van der Waals surface area contributed by atoms with Gasteiger partial charge in [0.25, 0.3) is 6.29 Å². The molecule has 0 spiro atoms. The topological polar surface area (TPSA) is 124 Å². The zero-order chi connectivity index (χ0) is 15.7. The maximum Gasteiger partial charge on any atom is 0.511 e. The molecule has 0 radical (unpaired) electrons. The Hall–Kier alpha value is -2.26. The van der Waals surface area contributed by atoms with Gasteiger partial charge in [0.1, 0.15) is 0 Å². The van der Waals surface area contributed by atoms with E-state index in [1.165, 1.54) is 6.92 Å². The van der Waals surface area contributed by atoms with Crippen molar-refractivity contribution >= 4 is 12.1 Å². The molecule has 0 aliphatic carbocycles. The van der Waals surface area contributed by atoms with Crippen LogP contribution >= 0.6 is 0 Å². The predicted molar refractivity (Wildman–Crippen MR) is 64.2 cm³/mol. The third-order valence-electron chi connectivity index (χ3n) is 1.90. The summed E-state index contributed by atoms with van der Waals surface area (Å²) >= 11 is 0. The van der Waals surface area contributed by atoms with E-state index in [-0.39, 0.29) is 11.6 Å². The largest absolute Gasteiger partial charge is 0.569 e. The van der Waals surface area contributed by atoms with Gasteiger partial charge in [0.15, 0.2) is 6.54 Å². The van der Waals surface area contributed by atoms with Crippen LogP contribution in [-0.4, -0.2) is 52.7 Å². The first-order chi connectivity index (χ1) is 9.27. The number of carbonyl (C=O) groups is 2. The van der Waals surface area contributed by atoms with E-state index >= 15 is 0 Å². The van der Waals surface area contributed by atoms with E-state index < -0.39 is 31.0 Å². The van der Waals surface area contributed by atoms with Crippen LogP contribution in [0.15, 0.2) is 5.28 Å². The Morgan fingerprint density at radius 3 is 2.45 bits per heavy atom. The van der Waals surface area contributed by atoms with Crippen LogP contribution in [0, 0.1) is 5.21 Å². The number of carbonyl (C=O) groups excluding carboxylic acids is 1. The molecule has 1 N–H and O–H groups in total. The van der Waals surface area contributed by atoms with Gasteiger partial charge in [0.05, 0.1) is 17.6 Å². The summed E-state index contributed by atoms with van der Waals surface area (Å²) in [6.07, 6.45) is -2.11. The number of carboxylic acid groups (broad SMARTS) is 1. The molecule has 0 aliphatic heterocycles. The first-order valence-electron chi connectivity index (χ1n) is 5.93. The number of hydrogen-bond acceptors (Lipinski definition) is 7. The number of nitrogens with zero attached hydrogens (tertiary/aromatic N) is 3. The summed E-state index contributed by atoms with van der Waals surface area (Å²) in [5.74, 6) is -1.19. The Balaban J connectivity index is 4.46. The van der Waals surface area contributed by atoms with Crippen LogP contribution in [0.5, 0.6) is 0 Å². The first kappa shape index (κ1) is 17.7. The fraction of sp³-hybridized carbons (Fsp3) is 0.800. The Labute approximate surface area is 116 Å². The van der Waals surface area contributed by atoms with E-state index in [0.717, 1.165) is 5.01 Å².